The summed E-state index contributed by atoms with van der Waals surface area (Å²) in [5.74, 6) is -1.18. The first-order valence-electron chi connectivity index (χ1n) is 9.90. The Morgan fingerprint density at radius 2 is 1.48 bits per heavy atom. The van der Waals surface area contributed by atoms with Gasteiger partial charge in [0, 0.05) is 35.4 Å². The van der Waals surface area contributed by atoms with Crippen molar-refractivity contribution in [1.82, 2.24) is 4.57 Å². The van der Waals surface area contributed by atoms with Gasteiger partial charge in [0.05, 0.1) is 5.56 Å². The fourth-order valence-corrected chi connectivity index (χ4v) is 3.31. The van der Waals surface area contributed by atoms with Gasteiger partial charge in [-0.25, -0.2) is 4.79 Å². The van der Waals surface area contributed by atoms with Crippen molar-refractivity contribution in [2.45, 2.75) is 33.8 Å². The van der Waals surface area contributed by atoms with Gasteiger partial charge in [-0.05, 0) is 63.2 Å². The average molecular weight is 419 g/mol. The van der Waals surface area contributed by atoms with Gasteiger partial charge in [-0.1, -0.05) is 18.2 Å². The minimum absolute atomic E-state index is 0.177. The monoisotopic (exact) mass is 419 g/mol. The summed E-state index contributed by atoms with van der Waals surface area (Å²) in [6.45, 7) is 6.70. The van der Waals surface area contributed by atoms with Gasteiger partial charge in [-0.3, -0.25) is 9.59 Å². The lowest BCUT2D eigenvalue weighted by Gasteiger charge is -2.14. The zero-order valence-corrected chi connectivity index (χ0v) is 17.9. The third kappa shape index (κ3) is 5.19. The molecule has 2 amide bonds. The van der Waals surface area contributed by atoms with Crippen LogP contribution in [0, 0.1) is 13.8 Å². The molecule has 2 aromatic carbocycles. The van der Waals surface area contributed by atoms with Gasteiger partial charge in [-0.15, -0.1) is 0 Å². The van der Waals surface area contributed by atoms with E-state index in [-0.39, 0.29) is 5.91 Å². The van der Waals surface area contributed by atoms with Crippen LogP contribution in [0.3, 0.4) is 0 Å². The molecule has 0 spiro atoms. The second kappa shape index (κ2) is 9.30. The highest BCUT2D eigenvalue weighted by Crippen LogP contribution is 2.22. The second-order valence-electron chi connectivity index (χ2n) is 7.25. The van der Waals surface area contributed by atoms with Gasteiger partial charge in [0.2, 0.25) is 5.91 Å². The van der Waals surface area contributed by atoms with Crippen molar-refractivity contribution >= 4 is 29.2 Å². The number of ether oxygens (including phenoxy) is 1. The highest BCUT2D eigenvalue weighted by Gasteiger charge is 2.23. The summed E-state index contributed by atoms with van der Waals surface area (Å²) in [4.78, 5) is 36.3. The first-order valence-corrected chi connectivity index (χ1v) is 9.90. The smallest absolute Gasteiger partial charge is 0.340 e. The molecule has 2 N–H and O–H groups in total. The summed E-state index contributed by atoms with van der Waals surface area (Å²) >= 11 is 0. The Hall–Kier alpha value is -3.87. The average Bonchev–Trinajstić information content (AvgIpc) is 3.03. The van der Waals surface area contributed by atoms with Crippen molar-refractivity contribution in [3.63, 3.8) is 0 Å². The number of anilines is 2. The van der Waals surface area contributed by atoms with E-state index >= 15 is 0 Å². The summed E-state index contributed by atoms with van der Waals surface area (Å²) < 4.78 is 7.38. The molecule has 7 nitrogen and oxygen atoms in total. The Balaban J connectivity index is 1.66. The van der Waals surface area contributed by atoms with E-state index in [9.17, 15) is 14.4 Å². The Morgan fingerprint density at radius 3 is 2.06 bits per heavy atom. The highest BCUT2D eigenvalue weighted by molar-refractivity contribution is 5.98. The minimum Gasteiger partial charge on any atom is -0.449 e. The van der Waals surface area contributed by atoms with Crippen LogP contribution in [-0.4, -0.2) is 28.5 Å². The molecule has 0 saturated carbocycles. The van der Waals surface area contributed by atoms with Crippen LogP contribution in [0.15, 0.2) is 60.7 Å². The van der Waals surface area contributed by atoms with E-state index in [0.29, 0.717) is 16.9 Å². The molecule has 160 valence electrons. The summed E-state index contributed by atoms with van der Waals surface area (Å²) in [5, 5.41) is 5.35. The van der Waals surface area contributed by atoms with Crippen molar-refractivity contribution in [3.05, 3.63) is 77.6 Å². The maximum absolute atomic E-state index is 12.7. The van der Waals surface area contributed by atoms with Crippen molar-refractivity contribution in [2.24, 2.45) is 0 Å². The number of esters is 1. The van der Waals surface area contributed by atoms with Crippen molar-refractivity contribution in [1.29, 1.82) is 0 Å². The first kappa shape index (κ1) is 21.8. The third-order valence-electron chi connectivity index (χ3n) is 4.79. The Labute approximate surface area is 181 Å². The van der Waals surface area contributed by atoms with Crippen molar-refractivity contribution in [3.8, 4) is 5.69 Å². The molecule has 31 heavy (non-hydrogen) atoms. The van der Waals surface area contributed by atoms with Gasteiger partial charge in [0.15, 0.2) is 6.10 Å². The van der Waals surface area contributed by atoms with Crippen LogP contribution in [0.25, 0.3) is 5.69 Å². The molecule has 0 aliphatic heterocycles. The van der Waals surface area contributed by atoms with E-state index in [1.807, 2.05) is 48.7 Å². The predicted octanol–water partition coefficient (Wildman–Crippen LogP) is 4.24. The molecule has 3 aromatic rings. The molecule has 3 rings (SSSR count). The number of aromatic nitrogens is 1. The van der Waals surface area contributed by atoms with E-state index in [1.165, 1.54) is 13.8 Å². The Morgan fingerprint density at radius 1 is 0.903 bits per heavy atom. The normalized spacial score (nSPS) is 11.5. The number of hydrogen-bond donors (Lipinski definition) is 2. The van der Waals surface area contributed by atoms with E-state index in [1.54, 1.807) is 30.3 Å². The number of nitrogens with zero attached hydrogens (tertiary/aromatic N) is 1. The van der Waals surface area contributed by atoms with Gasteiger partial charge >= 0.3 is 5.97 Å². The predicted molar refractivity (Wildman–Crippen MR) is 119 cm³/mol. The zero-order valence-electron chi connectivity index (χ0n) is 17.9. The minimum atomic E-state index is -0.984. The number of amides is 2. The zero-order chi connectivity index (χ0) is 22.5. The number of carbonyl (C=O) groups excluding carboxylic acids is 3. The van der Waals surface area contributed by atoms with E-state index in [2.05, 4.69) is 10.6 Å². The second-order valence-corrected chi connectivity index (χ2v) is 7.25. The molecule has 0 aliphatic carbocycles. The lowest BCUT2D eigenvalue weighted by molar-refractivity contribution is -0.123. The topological polar surface area (TPSA) is 89.4 Å². The molecule has 0 radical (unpaired) electrons. The van der Waals surface area contributed by atoms with Crippen molar-refractivity contribution in [2.75, 3.05) is 10.6 Å². The van der Waals surface area contributed by atoms with Crippen LogP contribution < -0.4 is 10.6 Å². The van der Waals surface area contributed by atoms with Crippen LogP contribution in [0.5, 0.6) is 0 Å². The van der Waals surface area contributed by atoms with E-state index < -0.39 is 18.0 Å². The quantitative estimate of drug-likeness (QED) is 0.585. The number of carbonyl (C=O) groups is 3. The number of hydrogen-bond acceptors (Lipinski definition) is 4. The van der Waals surface area contributed by atoms with Gasteiger partial charge in [-0.2, -0.15) is 0 Å². The van der Waals surface area contributed by atoms with Crippen LogP contribution in [0.1, 0.15) is 35.6 Å². The summed E-state index contributed by atoms with van der Waals surface area (Å²) in [5.41, 5.74) is 4.16. The number of benzene rings is 2. The van der Waals surface area contributed by atoms with Gasteiger partial charge in [0.1, 0.15) is 0 Å². The van der Waals surface area contributed by atoms with Crippen LogP contribution in [0.4, 0.5) is 11.4 Å². The maximum atomic E-state index is 12.7. The largest absolute Gasteiger partial charge is 0.449 e. The maximum Gasteiger partial charge on any atom is 0.340 e. The molecule has 0 fully saturated rings. The fourth-order valence-electron chi connectivity index (χ4n) is 3.31. The first-order chi connectivity index (χ1) is 14.8. The van der Waals surface area contributed by atoms with E-state index in [0.717, 1.165) is 17.1 Å². The number of nitrogens with one attached hydrogen (secondary N) is 2. The molecule has 0 saturated heterocycles. The number of aryl methyl sites for hydroxylation is 1. The van der Waals surface area contributed by atoms with Crippen LogP contribution in [-0.2, 0) is 14.3 Å². The molecule has 1 heterocycles. The van der Waals surface area contributed by atoms with E-state index in [4.69, 9.17) is 4.74 Å². The molecule has 1 atom stereocenters. The highest BCUT2D eigenvalue weighted by atomic mass is 16.5. The SMILES string of the molecule is CC(=O)Nc1ccc(NC(=O)[C@H](C)OC(=O)c2cc(C)n(-c3ccccc3)c2C)cc1. The number of para-hydroxylation sites is 1. The number of rotatable bonds is 6. The molecule has 0 unspecified atom stereocenters. The molecule has 0 bridgehead atoms. The van der Waals surface area contributed by atoms with Gasteiger partial charge < -0.3 is 19.9 Å². The molecule has 7 heteroatoms. The van der Waals surface area contributed by atoms with Crippen LogP contribution >= 0.6 is 0 Å². The van der Waals surface area contributed by atoms with Crippen LogP contribution in [0.2, 0.25) is 0 Å². The summed E-state index contributed by atoms with van der Waals surface area (Å²) in [7, 11) is 0. The van der Waals surface area contributed by atoms with Crippen molar-refractivity contribution < 1.29 is 19.1 Å². The lowest BCUT2D eigenvalue weighted by atomic mass is 10.2. The molecular formula is C24H25N3O4. The summed E-state index contributed by atoms with van der Waals surface area (Å²) in [6.07, 6.45) is -0.984. The fraction of sp³-hybridized carbons (Fsp3) is 0.208. The molecule has 1 aromatic heterocycles. The Bertz CT molecular complexity index is 1100. The lowest BCUT2D eigenvalue weighted by Crippen LogP contribution is -2.30. The standard InChI is InChI=1S/C24H25N3O4/c1-15-14-22(16(2)27(15)21-8-6-5-7-9-21)24(30)31-17(3)23(29)26-20-12-10-19(11-13-20)25-18(4)28/h5-14,17H,1-4H3,(H,25,28)(H,26,29)/t17-/m0/s1. The molecule has 0 aliphatic rings. The Kier molecular flexibility index (Phi) is 6.55. The third-order valence-corrected chi connectivity index (χ3v) is 4.79. The van der Waals surface area contributed by atoms with Gasteiger partial charge in [0.25, 0.3) is 5.91 Å². The molecular weight excluding hydrogens is 394 g/mol. The summed E-state index contributed by atoms with van der Waals surface area (Å²) in [6, 6.07) is 18.1.